The van der Waals surface area contributed by atoms with E-state index < -0.39 is 28.0 Å². The third-order valence-electron chi connectivity index (χ3n) is 6.16. The van der Waals surface area contributed by atoms with E-state index in [1.54, 1.807) is 19.2 Å². The van der Waals surface area contributed by atoms with Gasteiger partial charge in [0, 0.05) is 19.6 Å². The second-order valence-electron chi connectivity index (χ2n) is 8.62. The van der Waals surface area contributed by atoms with E-state index in [0.29, 0.717) is 18.7 Å². The lowest BCUT2D eigenvalue weighted by atomic mass is 10.0. The van der Waals surface area contributed by atoms with Gasteiger partial charge in [0.05, 0.1) is 17.7 Å². The molecule has 0 saturated heterocycles. The van der Waals surface area contributed by atoms with E-state index in [1.807, 2.05) is 36.4 Å². The molecule has 1 aliphatic heterocycles. The second-order valence-corrected chi connectivity index (χ2v) is 10.9. The lowest BCUT2D eigenvalue weighted by Crippen LogP contribution is -2.36. The number of hydrogen-bond acceptors (Lipinski definition) is 6. The van der Waals surface area contributed by atoms with Crippen molar-refractivity contribution in [2.24, 2.45) is 0 Å². The average Bonchev–Trinajstić information content (AvgIpc) is 2.91. The number of rotatable bonds is 8. The van der Waals surface area contributed by atoms with Gasteiger partial charge in [0.15, 0.2) is 6.10 Å². The minimum Gasteiger partial charge on any atom is -0.497 e. The van der Waals surface area contributed by atoms with Crippen LogP contribution in [0.15, 0.2) is 71.6 Å². The van der Waals surface area contributed by atoms with Crippen LogP contribution in [0.3, 0.4) is 0 Å². The van der Waals surface area contributed by atoms with E-state index in [9.17, 15) is 18.0 Å². The molecule has 0 unspecified atom stereocenters. The van der Waals surface area contributed by atoms with Gasteiger partial charge in [0.1, 0.15) is 10.6 Å². The quantitative estimate of drug-likeness (QED) is 0.432. The normalized spacial score (nSPS) is 14.4. The molecule has 3 aromatic rings. The molecule has 8 nitrogen and oxygen atoms in total. The van der Waals surface area contributed by atoms with Crippen molar-refractivity contribution in [2.45, 2.75) is 37.4 Å². The van der Waals surface area contributed by atoms with Gasteiger partial charge in [-0.2, -0.15) is 4.31 Å². The third kappa shape index (κ3) is 6.12. The van der Waals surface area contributed by atoms with Crippen molar-refractivity contribution in [3.05, 3.63) is 94.0 Å². The third-order valence-corrected chi connectivity index (χ3v) is 8.49. The summed E-state index contributed by atoms with van der Waals surface area (Å²) in [6.45, 7) is 2.21. The van der Waals surface area contributed by atoms with Crippen LogP contribution in [0, 0.1) is 0 Å². The number of carbonyl (C=O) groups excluding carboxylic acids is 2. The molecule has 4 rings (SSSR count). The van der Waals surface area contributed by atoms with Crippen LogP contribution in [0.5, 0.6) is 5.75 Å². The van der Waals surface area contributed by atoms with Gasteiger partial charge in [-0.1, -0.05) is 48.0 Å². The van der Waals surface area contributed by atoms with Crippen LogP contribution >= 0.6 is 11.6 Å². The molecule has 1 heterocycles. The average molecular weight is 543 g/mol. The summed E-state index contributed by atoms with van der Waals surface area (Å²) in [6, 6.07) is 18.8. The number of carbonyl (C=O) groups is 2. The first-order valence-corrected chi connectivity index (χ1v) is 13.5. The Morgan fingerprint density at radius 1 is 1.05 bits per heavy atom. The van der Waals surface area contributed by atoms with Crippen LogP contribution < -0.4 is 10.1 Å². The number of fused-ring (bicyclic) bond motifs is 1. The second kappa shape index (κ2) is 11.3. The Balaban J connectivity index is 1.42. The molecular weight excluding hydrogens is 516 g/mol. The summed E-state index contributed by atoms with van der Waals surface area (Å²) in [5.74, 6) is -0.617. The summed E-state index contributed by atoms with van der Waals surface area (Å²) < 4.78 is 38.6. The summed E-state index contributed by atoms with van der Waals surface area (Å²) in [5.41, 5.74) is 2.87. The molecule has 1 aliphatic rings. The van der Waals surface area contributed by atoms with Gasteiger partial charge in [0.2, 0.25) is 10.0 Å². The smallest absolute Gasteiger partial charge is 0.338 e. The zero-order chi connectivity index (χ0) is 26.6. The number of nitrogens with zero attached hydrogens (tertiary/aromatic N) is 1. The zero-order valence-electron chi connectivity index (χ0n) is 20.4. The molecule has 1 atom stereocenters. The molecule has 3 aromatic carbocycles. The minimum absolute atomic E-state index is 0.000640. The predicted octanol–water partition coefficient (Wildman–Crippen LogP) is 3.96. The summed E-state index contributed by atoms with van der Waals surface area (Å²) in [6.07, 6.45) is -0.516. The van der Waals surface area contributed by atoms with Crippen LogP contribution in [0.4, 0.5) is 0 Å². The van der Waals surface area contributed by atoms with Gasteiger partial charge in [-0.25, -0.2) is 13.2 Å². The molecule has 0 radical (unpaired) electrons. The maximum Gasteiger partial charge on any atom is 0.338 e. The molecule has 0 spiro atoms. The van der Waals surface area contributed by atoms with Gasteiger partial charge in [0.25, 0.3) is 5.91 Å². The Bertz CT molecular complexity index is 1410. The number of esters is 1. The molecule has 1 amide bonds. The topological polar surface area (TPSA) is 102 Å². The summed E-state index contributed by atoms with van der Waals surface area (Å²) in [4.78, 5) is 25.0. The zero-order valence-corrected chi connectivity index (χ0v) is 22.0. The maximum atomic E-state index is 13.4. The Morgan fingerprint density at radius 2 is 1.76 bits per heavy atom. The van der Waals surface area contributed by atoms with E-state index in [0.717, 1.165) is 16.7 Å². The van der Waals surface area contributed by atoms with E-state index in [1.165, 1.54) is 29.4 Å². The Labute approximate surface area is 221 Å². The lowest BCUT2D eigenvalue weighted by molar-refractivity contribution is -0.129. The highest BCUT2D eigenvalue weighted by atomic mass is 35.5. The highest BCUT2D eigenvalue weighted by Crippen LogP contribution is 2.30. The fourth-order valence-electron chi connectivity index (χ4n) is 4.00. The molecule has 0 fully saturated rings. The number of hydrogen-bond donors (Lipinski definition) is 1. The highest BCUT2D eigenvalue weighted by molar-refractivity contribution is 7.89. The predicted molar refractivity (Wildman–Crippen MR) is 139 cm³/mol. The molecule has 0 aliphatic carbocycles. The number of nitrogens with one attached hydrogen (secondary N) is 1. The number of ether oxygens (including phenoxy) is 2. The van der Waals surface area contributed by atoms with Gasteiger partial charge >= 0.3 is 5.97 Å². The van der Waals surface area contributed by atoms with E-state index in [-0.39, 0.29) is 28.6 Å². The van der Waals surface area contributed by atoms with Gasteiger partial charge in [-0.05, 0) is 60.4 Å². The fraction of sp³-hybridized carbons (Fsp3) is 0.259. The summed E-state index contributed by atoms with van der Waals surface area (Å²) >= 11 is 6.25. The first kappa shape index (κ1) is 26.7. The minimum atomic E-state index is -3.98. The number of methoxy groups -OCH3 is 1. The van der Waals surface area contributed by atoms with E-state index >= 15 is 0 Å². The molecule has 1 N–H and O–H groups in total. The number of amides is 1. The van der Waals surface area contributed by atoms with Crippen molar-refractivity contribution in [3.63, 3.8) is 0 Å². The van der Waals surface area contributed by atoms with Crippen molar-refractivity contribution >= 4 is 33.5 Å². The fourth-order valence-corrected chi connectivity index (χ4v) is 5.92. The Morgan fingerprint density at radius 3 is 2.46 bits per heavy atom. The summed E-state index contributed by atoms with van der Waals surface area (Å²) in [5, 5.41) is 2.71. The van der Waals surface area contributed by atoms with Crippen LogP contribution in [0.25, 0.3) is 0 Å². The van der Waals surface area contributed by atoms with Crippen LogP contribution in [0.2, 0.25) is 5.02 Å². The van der Waals surface area contributed by atoms with Crippen molar-refractivity contribution in [1.29, 1.82) is 0 Å². The molecular formula is C27H27ClN2O6S. The van der Waals surface area contributed by atoms with Crippen molar-refractivity contribution in [2.75, 3.05) is 13.7 Å². The van der Waals surface area contributed by atoms with Crippen LogP contribution in [-0.2, 0) is 39.1 Å². The number of benzene rings is 3. The van der Waals surface area contributed by atoms with Crippen molar-refractivity contribution < 1.29 is 27.5 Å². The first-order valence-electron chi connectivity index (χ1n) is 11.7. The first-order chi connectivity index (χ1) is 17.7. The Kier molecular flexibility index (Phi) is 8.16. The van der Waals surface area contributed by atoms with Gasteiger partial charge in [-0.15, -0.1) is 0 Å². The molecule has 0 bridgehead atoms. The molecule has 194 valence electrons. The molecule has 0 saturated carbocycles. The maximum absolute atomic E-state index is 13.4. The van der Waals surface area contributed by atoms with Crippen molar-refractivity contribution in [1.82, 2.24) is 9.62 Å². The van der Waals surface area contributed by atoms with Gasteiger partial charge in [-0.3, -0.25) is 4.79 Å². The van der Waals surface area contributed by atoms with Gasteiger partial charge < -0.3 is 14.8 Å². The standard InChI is InChI=1S/C27H27ClN2O6S/c1-18(26(31)29-16-19-7-10-23(35-2)11-8-19)36-27(32)21-9-12-24(28)25(15-21)37(33,34)30-14-13-20-5-3-4-6-22(20)17-30/h3-12,15,18H,13-14,16-17H2,1-2H3,(H,29,31)/t18-/m0/s1. The number of sulfonamides is 1. The summed E-state index contributed by atoms with van der Waals surface area (Å²) in [7, 11) is -2.41. The number of halogens is 1. The Hall–Kier alpha value is -3.40. The molecule has 10 heteroatoms. The SMILES string of the molecule is COc1ccc(CNC(=O)[C@H](C)OC(=O)c2ccc(Cl)c(S(=O)(=O)N3CCc4ccccc4C3)c2)cc1. The van der Waals surface area contributed by atoms with E-state index in [4.69, 9.17) is 21.1 Å². The largest absolute Gasteiger partial charge is 0.497 e. The highest BCUT2D eigenvalue weighted by Gasteiger charge is 2.31. The molecule has 37 heavy (non-hydrogen) atoms. The van der Waals surface area contributed by atoms with Crippen molar-refractivity contribution in [3.8, 4) is 5.75 Å². The monoisotopic (exact) mass is 542 g/mol. The molecule has 0 aromatic heterocycles. The lowest BCUT2D eigenvalue weighted by Gasteiger charge is -2.28. The van der Waals surface area contributed by atoms with Crippen LogP contribution in [0.1, 0.15) is 34.0 Å². The van der Waals surface area contributed by atoms with Crippen LogP contribution in [-0.4, -0.2) is 44.4 Å². The van der Waals surface area contributed by atoms with E-state index in [2.05, 4.69) is 5.32 Å².